The van der Waals surface area contributed by atoms with E-state index >= 15 is 0 Å². The minimum absolute atomic E-state index is 0.0109. The number of nitrogens with zero attached hydrogens (tertiary/aromatic N) is 1. The van der Waals surface area contributed by atoms with Gasteiger partial charge in [0, 0.05) is 31.4 Å². The summed E-state index contributed by atoms with van der Waals surface area (Å²) in [6.07, 6.45) is 0. The molecule has 0 spiro atoms. The van der Waals surface area contributed by atoms with Crippen LogP contribution in [0.4, 0.5) is 0 Å². The molecular weight excluding hydrogens is 438 g/mol. The number of nitrogens with one attached hydrogen (secondary N) is 2. The van der Waals surface area contributed by atoms with Gasteiger partial charge < -0.3 is 14.6 Å². The first-order chi connectivity index (χ1) is 15.8. The Bertz CT molecular complexity index is 1210. The number of pyridine rings is 1. The Morgan fingerprint density at radius 3 is 2.42 bits per heavy atom. The first-order valence-electron chi connectivity index (χ1n) is 10.7. The highest BCUT2D eigenvalue weighted by Gasteiger charge is 2.22. The van der Waals surface area contributed by atoms with Gasteiger partial charge in [0.15, 0.2) is 11.4 Å². The Labute approximate surface area is 196 Å². The Kier molecular flexibility index (Phi) is 8.19. The monoisotopic (exact) mass is 467 g/mol. The summed E-state index contributed by atoms with van der Waals surface area (Å²) >= 11 is 0. The van der Waals surface area contributed by atoms with Crippen molar-refractivity contribution >= 4 is 16.9 Å². The standard InChI is InChI=1S/C25H29N3O4S/c1-17(2)27-25(30)23-24(32-16-19-11-6-5-7-12-19)21(29)14-20(28(23)4)15-26-33(31)22-13-9-8-10-18(22)3/h5-14,17,26H,15-16H2,1-4H3,(H,27,30). The van der Waals surface area contributed by atoms with Gasteiger partial charge in [0.05, 0.1) is 4.90 Å². The second-order valence-corrected chi connectivity index (χ2v) is 9.26. The molecule has 1 unspecified atom stereocenters. The fourth-order valence-corrected chi connectivity index (χ4v) is 4.33. The summed E-state index contributed by atoms with van der Waals surface area (Å²) in [6, 6.07) is 18.1. The van der Waals surface area contributed by atoms with E-state index in [4.69, 9.17) is 4.74 Å². The molecule has 0 radical (unpaired) electrons. The molecule has 2 N–H and O–H groups in total. The fraction of sp³-hybridized carbons (Fsp3) is 0.280. The Hall–Kier alpha value is -3.23. The highest BCUT2D eigenvalue weighted by Crippen LogP contribution is 2.18. The largest absolute Gasteiger partial charge is 0.483 e. The number of rotatable bonds is 9. The van der Waals surface area contributed by atoms with Crippen molar-refractivity contribution in [2.45, 2.75) is 44.9 Å². The van der Waals surface area contributed by atoms with E-state index < -0.39 is 22.3 Å². The van der Waals surface area contributed by atoms with Crippen LogP contribution in [0.1, 0.15) is 41.2 Å². The molecule has 1 amide bonds. The van der Waals surface area contributed by atoms with Crippen molar-refractivity contribution in [3.8, 4) is 5.75 Å². The van der Waals surface area contributed by atoms with E-state index in [1.54, 1.807) is 17.7 Å². The van der Waals surface area contributed by atoms with E-state index in [9.17, 15) is 13.8 Å². The smallest absolute Gasteiger partial charge is 0.272 e. The Balaban J connectivity index is 1.91. The molecule has 174 valence electrons. The summed E-state index contributed by atoms with van der Waals surface area (Å²) in [5.41, 5.74) is 2.03. The maximum Gasteiger partial charge on any atom is 0.272 e. The van der Waals surface area contributed by atoms with Crippen LogP contribution < -0.4 is 20.2 Å². The lowest BCUT2D eigenvalue weighted by Gasteiger charge is -2.19. The molecule has 0 aliphatic rings. The summed E-state index contributed by atoms with van der Waals surface area (Å²) < 4.78 is 23.1. The number of carbonyl (C=O) groups excluding carboxylic acids is 1. The molecule has 3 aromatic rings. The third kappa shape index (κ3) is 6.18. The van der Waals surface area contributed by atoms with Crippen molar-refractivity contribution < 1.29 is 13.7 Å². The quantitative estimate of drug-likeness (QED) is 0.506. The Morgan fingerprint density at radius 2 is 1.76 bits per heavy atom. The van der Waals surface area contributed by atoms with Gasteiger partial charge in [0.1, 0.15) is 17.6 Å². The summed E-state index contributed by atoms with van der Waals surface area (Å²) in [6.45, 7) is 5.87. The van der Waals surface area contributed by atoms with Crippen molar-refractivity contribution in [2.75, 3.05) is 0 Å². The minimum atomic E-state index is -1.47. The predicted molar refractivity (Wildman–Crippen MR) is 129 cm³/mol. The predicted octanol–water partition coefficient (Wildman–Crippen LogP) is 3.22. The first-order valence-corrected chi connectivity index (χ1v) is 11.8. The summed E-state index contributed by atoms with van der Waals surface area (Å²) in [5, 5.41) is 2.83. The molecule has 1 heterocycles. The molecular formula is C25H29N3O4S. The lowest BCUT2D eigenvalue weighted by molar-refractivity contribution is 0.0927. The second-order valence-electron chi connectivity index (χ2n) is 7.99. The summed E-state index contributed by atoms with van der Waals surface area (Å²) in [5.74, 6) is -0.419. The van der Waals surface area contributed by atoms with Crippen LogP contribution in [0.25, 0.3) is 0 Å². The van der Waals surface area contributed by atoms with Crippen LogP contribution in [0.5, 0.6) is 5.75 Å². The number of hydrogen-bond donors (Lipinski definition) is 2. The number of ether oxygens (including phenoxy) is 1. The van der Waals surface area contributed by atoms with Crippen LogP contribution in [0.3, 0.4) is 0 Å². The number of aromatic nitrogens is 1. The van der Waals surface area contributed by atoms with Gasteiger partial charge in [-0.05, 0) is 38.0 Å². The van der Waals surface area contributed by atoms with Gasteiger partial charge in [-0.1, -0.05) is 48.5 Å². The van der Waals surface area contributed by atoms with Crippen molar-refractivity contribution in [1.82, 2.24) is 14.6 Å². The van der Waals surface area contributed by atoms with Crippen molar-refractivity contribution in [3.63, 3.8) is 0 Å². The molecule has 0 saturated heterocycles. The average Bonchev–Trinajstić information content (AvgIpc) is 2.78. The number of carbonyl (C=O) groups is 1. The number of aryl methyl sites for hydroxylation is 1. The van der Waals surface area contributed by atoms with Crippen LogP contribution in [-0.2, 0) is 31.2 Å². The van der Waals surface area contributed by atoms with Gasteiger partial charge in [-0.15, -0.1) is 0 Å². The second kappa shape index (κ2) is 11.1. The summed E-state index contributed by atoms with van der Waals surface area (Å²) in [7, 11) is 0.225. The number of benzene rings is 2. The van der Waals surface area contributed by atoms with Gasteiger partial charge in [-0.25, -0.2) is 8.93 Å². The molecule has 1 aromatic heterocycles. The lowest BCUT2D eigenvalue weighted by atomic mass is 10.2. The van der Waals surface area contributed by atoms with E-state index in [-0.39, 0.29) is 30.6 Å². The van der Waals surface area contributed by atoms with E-state index in [1.165, 1.54) is 6.07 Å². The van der Waals surface area contributed by atoms with Crippen molar-refractivity contribution in [3.05, 3.63) is 93.4 Å². The molecule has 2 aromatic carbocycles. The third-order valence-electron chi connectivity index (χ3n) is 5.04. The van der Waals surface area contributed by atoms with E-state index in [1.807, 2.05) is 69.3 Å². The first kappa shape index (κ1) is 24.4. The zero-order valence-corrected chi connectivity index (χ0v) is 20.1. The zero-order chi connectivity index (χ0) is 24.0. The normalized spacial score (nSPS) is 11.9. The average molecular weight is 468 g/mol. The van der Waals surface area contributed by atoms with Gasteiger partial charge in [-0.2, -0.15) is 0 Å². The maximum absolute atomic E-state index is 13.0. The van der Waals surface area contributed by atoms with Crippen molar-refractivity contribution in [1.29, 1.82) is 0 Å². The van der Waals surface area contributed by atoms with Crippen LogP contribution in [-0.4, -0.2) is 20.7 Å². The maximum atomic E-state index is 13.0. The van der Waals surface area contributed by atoms with E-state index in [2.05, 4.69) is 10.0 Å². The number of amides is 1. The Morgan fingerprint density at radius 1 is 1.09 bits per heavy atom. The molecule has 0 fully saturated rings. The summed E-state index contributed by atoms with van der Waals surface area (Å²) in [4.78, 5) is 26.6. The topological polar surface area (TPSA) is 89.4 Å². The fourth-order valence-electron chi connectivity index (χ4n) is 3.33. The zero-order valence-electron chi connectivity index (χ0n) is 19.3. The van der Waals surface area contributed by atoms with E-state index in [0.29, 0.717) is 10.6 Å². The van der Waals surface area contributed by atoms with Crippen LogP contribution in [0.2, 0.25) is 0 Å². The third-order valence-corrected chi connectivity index (χ3v) is 6.31. The molecule has 8 heteroatoms. The van der Waals surface area contributed by atoms with Crippen LogP contribution in [0.15, 0.2) is 70.4 Å². The van der Waals surface area contributed by atoms with E-state index in [0.717, 1.165) is 11.1 Å². The minimum Gasteiger partial charge on any atom is -0.483 e. The van der Waals surface area contributed by atoms with Crippen LogP contribution >= 0.6 is 0 Å². The SMILES string of the molecule is Cc1ccccc1S(=O)NCc1cc(=O)c(OCc2ccccc2)c(C(=O)NC(C)C)n1C. The molecule has 0 aliphatic carbocycles. The number of hydrogen-bond acceptors (Lipinski definition) is 4. The molecule has 3 rings (SSSR count). The molecule has 7 nitrogen and oxygen atoms in total. The van der Waals surface area contributed by atoms with Gasteiger partial charge in [0.2, 0.25) is 5.43 Å². The van der Waals surface area contributed by atoms with Gasteiger partial charge in [-0.3, -0.25) is 9.59 Å². The highest BCUT2D eigenvalue weighted by molar-refractivity contribution is 7.83. The van der Waals surface area contributed by atoms with Gasteiger partial charge >= 0.3 is 0 Å². The lowest BCUT2D eigenvalue weighted by Crippen LogP contribution is -2.35. The molecule has 0 aliphatic heterocycles. The van der Waals surface area contributed by atoms with Crippen LogP contribution in [0, 0.1) is 6.92 Å². The molecule has 1 atom stereocenters. The molecule has 33 heavy (non-hydrogen) atoms. The highest BCUT2D eigenvalue weighted by atomic mass is 32.2. The molecule has 0 bridgehead atoms. The molecule has 0 saturated carbocycles. The van der Waals surface area contributed by atoms with Gasteiger partial charge in [0.25, 0.3) is 5.91 Å². The van der Waals surface area contributed by atoms with Crippen molar-refractivity contribution in [2.24, 2.45) is 7.05 Å².